The molecule has 6 nitrogen and oxygen atoms in total. The van der Waals surface area contributed by atoms with Gasteiger partial charge in [-0.3, -0.25) is 0 Å². The van der Waals surface area contributed by atoms with Crippen molar-refractivity contribution in [3.05, 3.63) is 69.5 Å². The van der Waals surface area contributed by atoms with Crippen molar-refractivity contribution in [2.24, 2.45) is 0 Å². The number of carbonyl (C=O) groups is 1. The Bertz CT molecular complexity index is 1250. The Morgan fingerprint density at radius 3 is 2.45 bits per heavy atom. The number of H-pyrrole nitrogens is 1. The minimum atomic E-state index is -0.493. The highest BCUT2D eigenvalue weighted by Crippen LogP contribution is 2.37. The molecule has 0 aliphatic heterocycles. The molecule has 0 aliphatic rings. The molecule has 0 amide bonds. The van der Waals surface area contributed by atoms with Gasteiger partial charge in [0.15, 0.2) is 5.69 Å². The van der Waals surface area contributed by atoms with E-state index in [1.165, 1.54) is 0 Å². The van der Waals surface area contributed by atoms with Gasteiger partial charge in [-0.15, -0.1) is 0 Å². The van der Waals surface area contributed by atoms with Crippen molar-refractivity contribution in [3.8, 4) is 5.75 Å². The fraction of sp³-hybridized carbons (Fsp3) is 0.217. The van der Waals surface area contributed by atoms with Gasteiger partial charge < -0.3 is 19.2 Å². The monoisotopic (exact) mass is 458 g/mol. The maximum Gasteiger partial charge on any atom is 0.357 e. The summed E-state index contributed by atoms with van der Waals surface area (Å²) in [6.07, 6.45) is 1.62. The zero-order valence-electron chi connectivity index (χ0n) is 17.0. The summed E-state index contributed by atoms with van der Waals surface area (Å²) in [4.78, 5) is 20.2. The molecule has 0 saturated heterocycles. The Morgan fingerprint density at radius 1 is 1.00 bits per heavy atom. The number of esters is 1. The molecule has 0 fully saturated rings. The number of hydrogen-bond acceptors (Lipinski definition) is 5. The lowest BCUT2D eigenvalue weighted by Crippen LogP contribution is -2.11. The standard InChI is InChI=1S/C23H20Cl2N2O4/c1-3-30-23(28)22-14(11-29-2)20-18(10-26-22)27-17-8-5-9-19(21(17)20)31-12-13-15(24)6-4-7-16(13)25/h4-10,27H,3,11-12H2,1-2H3. The number of rotatable bonds is 7. The molecule has 0 unspecified atom stereocenters. The van der Waals surface area contributed by atoms with Crippen LogP contribution in [0.2, 0.25) is 10.0 Å². The smallest absolute Gasteiger partial charge is 0.357 e. The number of hydrogen-bond donors (Lipinski definition) is 1. The quantitative estimate of drug-likeness (QED) is 0.347. The average molecular weight is 459 g/mol. The molecule has 0 bridgehead atoms. The van der Waals surface area contributed by atoms with Gasteiger partial charge in [0.1, 0.15) is 12.4 Å². The third-order valence-corrected chi connectivity index (χ3v) is 5.62. The van der Waals surface area contributed by atoms with Crippen LogP contribution in [-0.4, -0.2) is 29.7 Å². The van der Waals surface area contributed by atoms with Gasteiger partial charge in [-0.2, -0.15) is 0 Å². The molecule has 2 heterocycles. The van der Waals surface area contributed by atoms with Crippen molar-refractivity contribution in [3.63, 3.8) is 0 Å². The normalized spacial score (nSPS) is 11.2. The maximum atomic E-state index is 12.5. The summed E-state index contributed by atoms with van der Waals surface area (Å²) in [6.45, 7) is 2.39. The van der Waals surface area contributed by atoms with Gasteiger partial charge in [0.2, 0.25) is 0 Å². The third kappa shape index (κ3) is 4.06. The Labute approximate surface area is 189 Å². The Morgan fingerprint density at radius 2 is 1.74 bits per heavy atom. The van der Waals surface area contributed by atoms with Crippen LogP contribution in [-0.2, 0) is 22.7 Å². The number of aromatic nitrogens is 2. The average Bonchev–Trinajstić information content (AvgIpc) is 3.13. The highest BCUT2D eigenvalue weighted by Gasteiger charge is 2.22. The highest BCUT2D eigenvalue weighted by molar-refractivity contribution is 6.36. The van der Waals surface area contributed by atoms with Gasteiger partial charge >= 0.3 is 5.97 Å². The Balaban J connectivity index is 1.87. The van der Waals surface area contributed by atoms with E-state index in [4.69, 9.17) is 37.4 Å². The molecular weight excluding hydrogens is 439 g/mol. The predicted octanol–water partition coefficient (Wildman–Crippen LogP) is 5.93. The van der Waals surface area contributed by atoms with E-state index in [1.54, 1.807) is 38.4 Å². The van der Waals surface area contributed by atoms with Crippen molar-refractivity contribution in [1.82, 2.24) is 9.97 Å². The molecule has 4 rings (SSSR count). The molecule has 2 aromatic heterocycles. The molecule has 2 aromatic carbocycles. The molecule has 160 valence electrons. The first-order valence-electron chi connectivity index (χ1n) is 9.69. The van der Waals surface area contributed by atoms with Crippen molar-refractivity contribution < 1.29 is 19.0 Å². The number of nitrogens with zero attached hydrogens (tertiary/aromatic N) is 1. The number of fused-ring (bicyclic) bond motifs is 3. The van der Waals surface area contributed by atoms with Crippen molar-refractivity contribution >= 4 is 51.0 Å². The fourth-order valence-electron chi connectivity index (χ4n) is 3.57. The van der Waals surface area contributed by atoms with Gasteiger partial charge in [-0.05, 0) is 31.2 Å². The molecule has 0 atom stereocenters. The molecule has 4 aromatic rings. The fourth-order valence-corrected chi connectivity index (χ4v) is 4.08. The first kappa shape index (κ1) is 21.4. The van der Waals surface area contributed by atoms with E-state index in [-0.39, 0.29) is 25.5 Å². The summed E-state index contributed by atoms with van der Waals surface area (Å²) in [5.41, 5.74) is 3.17. The van der Waals surface area contributed by atoms with E-state index >= 15 is 0 Å². The summed E-state index contributed by atoms with van der Waals surface area (Å²) in [7, 11) is 1.57. The lowest BCUT2D eigenvalue weighted by atomic mass is 10.0. The van der Waals surface area contributed by atoms with Crippen LogP contribution in [0.5, 0.6) is 5.75 Å². The second-order valence-corrected chi connectivity index (χ2v) is 7.63. The predicted molar refractivity (Wildman–Crippen MR) is 121 cm³/mol. The van der Waals surface area contributed by atoms with Crippen LogP contribution in [0, 0.1) is 0 Å². The minimum absolute atomic E-state index is 0.191. The van der Waals surface area contributed by atoms with Crippen molar-refractivity contribution in [1.29, 1.82) is 0 Å². The van der Waals surface area contributed by atoms with Gasteiger partial charge in [-0.25, -0.2) is 9.78 Å². The van der Waals surface area contributed by atoms with E-state index in [2.05, 4.69) is 9.97 Å². The number of carbonyl (C=O) groups excluding carboxylic acids is 1. The maximum absolute atomic E-state index is 12.5. The molecule has 0 saturated carbocycles. The molecule has 31 heavy (non-hydrogen) atoms. The zero-order valence-corrected chi connectivity index (χ0v) is 18.5. The van der Waals surface area contributed by atoms with Crippen LogP contribution in [0.1, 0.15) is 28.5 Å². The number of benzene rings is 2. The number of halogens is 2. The summed E-state index contributed by atoms with van der Waals surface area (Å²) in [5.74, 6) is 0.130. The molecule has 1 N–H and O–H groups in total. The van der Waals surface area contributed by atoms with Crippen molar-refractivity contribution in [2.45, 2.75) is 20.1 Å². The summed E-state index contributed by atoms with van der Waals surface area (Å²) < 4.78 is 16.7. The number of pyridine rings is 1. The van der Waals surface area contributed by atoms with Crippen LogP contribution in [0.25, 0.3) is 21.8 Å². The SMILES string of the molecule is CCOC(=O)c1ncc2[nH]c3cccc(OCc4c(Cl)cccc4Cl)c3c2c1COC. The van der Waals surface area contributed by atoms with Crippen LogP contribution >= 0.6 is 23.2 Å². The van der Waals surface area contributed by atoms with Crippen LogP contribution in [0.15, 0.2) is 42.6 Å². The molecule has 8 heteroatoms. The first-order chi connectivity index (χ1) is 15.0. The summed E-state index contributed by atoms with van der Waals surface area (Å²) in [6, 6.07) is 11.0. The molecule has 0 aliphatic carbocycles. The van der Waals surface area contributed by atoms with E-state index in [9.17, 15) is 4.79 Å². The highest BCUT2D eigenvalue weighted by atomic mass is 35.5. The van der Waals surface area contributed by atoms with E-state index in [0.717, 1.165) is 21.8 Å². The van der Waals surface area contributed by atoms with E-state index in [1.807, 2.05) is 18.2 Å². The largest absolute Gasteiger partial charge is 0.488 e. The minimum Gasteiger partial charge on any atom is -0.488 e. The van der Waals surface area contributed by atoms with Gasteiger partial charge in [0.25, 0.3) is 0 Å². The number of methoxy groups -OCH3 is 1. The lowest BCUT2D eigenvalue weighted by molar-refractivity contribution is 0.0514. The Kier molecular flexibility index (Phi) is 6.32. The lowest BCUT2D eigenvalue weighted by Gasteiger charge is -2.12. The van der Waals surface area contributed by atoms with Crippen LogP contribution in [0.4, 0.5) is 0 Å². The zero-order chi connectivity index (χ0) is 22.0. The van der Waals surface area contributed by atoms with E-state index < -0.39 is 5.97 Å². The number of aromatic amines is 1. The molecule has 0 spiro atoms. The van der Waals surface area contributed by atoms with Crippen molar-refractivity contribution in [2.75, 3.05) is 13.7 Å². The van der Waals surface area contributed by atoms with E-state index in [0.29, 0.717) is 26.9 Å². The van der Waals surface area contributed by atoms with Gasteiger partial charge in [0.05, 0.1) is 30.4 Å². The summed E-state index contributed by atoms with van der Waals surface area (Å²) in [5, 5.41) is 2.69. The topological polar surface area (TPSA) is 73.4 Å². The van der Waals surface area contributed by atoms with Gasteiger partial charge in [0, 0.05) is 39.1 Å². The Hall–Kier alpha value is -2.80. The van der Waals surface area contributed by atoms with Gasteiger partial charge in [-0.1, -0.05) is 35.3 Å². The first-order valence-corrected chi connectivity index (χ1v) is 10.4. The molecule has 0 radical (unpaired) electrons. The number of ether oxygens (including phenoxy) is 3. The second kappa shape index (κ2) is 9.14. The summed E-state index contributed by atoms with van der Waals surface area (Å²) >= 11 is 12.6. The number of nitrogens with one attached hydrogen (secondary N) is 1. The third-order valence-electron chi connectivity index (χ3n) is 4.92. The van der Waals surface area contributed by atoms with Crippen LogP contribution in [0.3, 0.4) is 0 Å². The van der Waals surface area contributed by atoms with Crippen LogP contribution < -0.4 is 4.74 Å². The second-order valence-electron chi connectivity index (χ2n) is 6.82. The molecular formula is C23H20Cl2N2O4.